The van der Waals surface area contributed by atoms with E-state index in [0.29, 0.717) is 0 Å². The molecule has 94 valence electrons. The average Bonchev–Trinajstić information content (AvgIpc) is 2.18. The molecule has 1 heterocycles. The van der Waals surface area contributed by atoms with E-state index in [2.05, 4.69) is 0 Å². The molecule has 3 nitrogen and oxygen atoms in total. The quantitative estimate of drug-likeness (QED) is 0.768. The first-order chi connectivity index (χ1) is 7.71. The minimum absolute atomic E-state index is 0.101. The Labute approximate surface area is 95.9 Å². The lowest BCUT2D eigenvalue weighted by Crippen LogP contribution is -2.27. The summed E-state index contributed by atoms with van der Waals surface area (Å²) >= 11 is 0. The van der Waals surface area contributed by atoms with Gasteiger partial charge >= 0.3 is 6.18 Å². The Kier molecular flexibility index (Phi) is 3.75. The largest absolute Gasteiger partial charge is 0.454 e. The molecule has 1 rings (SSSR count). The predicted octanol–water partition coefficient (Wildman–Crippen LogP) is 2.25. The number of carbonyl (C=O) groups excluding carboxylic acids is 1. The summed E-state index contributed by atoms with van der Waals surface area (Å²) in [5.74, 6) is -1.83. The van der Waals surface area contributed by atoms with Gasteiger partial charge in [0, 0.05) is 24.4 Å². The molecular formula is C11H12F3NO2. The Morgan fingerprint density at radius 2 is 1.94 bits per heavy atom. The van der Waals surface area contributed by atoms with Crippen LogP contribution in [0.3, 0.4) is 0 Å². The lowest BCUT2D eigenvalue weighted by Gasteiger charge is -2.10. The van der Waals surface area contributed by atoms with Crippen LogP contribution in [0.5, 0.6) is 0 Å². The van der Waals surface area contributed by atoms with E-state index in [1.54, 1.807) is 0 Å². The van der Waals surface area contributed by atoms with Gasteiger partial charge in [0.1, 0.15) is 0 Å². The molecule has 0 radical (unpaired) electrons. The van der Waals surface area contributed by atoms with Gasteiger partial charge in [-0.15, -0.1) is 0 Å². The maximum atomic E-state index is 12.2. The van der Waals surface area contributed by atoms with Crippen molar-refractivity contribution in [2.75, 3.05) is 0 Å². The number of ketones is 1. The van der Waals surface area contributed by atoms with Crippen LogP contribution in [0.4, 0.5) is 13.2 Å². The number of rotatable bonds is 3. The second-order valence-corrected chi connectivity index (χ2v) is 4.13. The summed E-state index contributed by atoms with van der Waals surface area (Å²) in [6.45, 7) is 3.92. The zero-order valence-electron chi connectivity index (χ0n) is 9.41. The third-order valence-electron chi connectivity index (χ3n) is 2.06. The molecular weight excluding hydrogens is 235 g/mol. The molecule has 0 saturated heterocycles. The van der Waals surface area contributed by atoms with Gasteiger partial charge in [-0.25, -0.2) is 0 Å². The fourth-order valence-corrected chi connectivity index (χ4v) is 1.37. The van der Waals surface area contributed by atoms with Gasteiger partial charge in [0.25, 0.3) is 11.3 Å². The monoisotopic (exact) mass is 247 g/mol. The second-order valence-electron chi connectivity index (χ2n) is 4.13. The fraction of sp³-hybridized carbons (Fsp3) is 0.455. The summed E-state index contributed by atoms with van der Waals surface area (Å²) in [6, 6.07) is 1.87. The van der Waals surface area contributed by atoms with Crippen LogP contribution in [-0.4, -0.2) is 16.5 Å². The topological polar surface area (TPSA) is 39.1 Å². The van der Waals surface area contributed by atoms with E-state index >= 15 is 0 Å². The summed E-state index contributed by atoms with van der Waals surface area (Å²) in [5, 5.41) is 0. The first-order valence-electron chi connectivity index (χ1n) is 5.04. The van der Waals surface area contributed by atoms with Gasteiger partial charge in [-0.2, -0.15) is 13.2 Å². The minimum Gasteiger partial charge on any atom is -0.315 e. The maximum absolute atomic E-state index is 12.2. The third kappa shape index (κ3) is 3.44. The van der Waals surface area contributed by atoms with Gasteiger partial charge in [-0.3, -0.25) is 9.59 Å². The van der Waals surface area contributed by atoms with Gasteiger partial charge in [0.15, 0.2) is 0 Å². The second kappa shape index (κ2) is 4.73. The van der Waals surface area contributed by atoms with Crippen molar-refractivity contribution in [3.8, 4) is 0 Å². The number of Topliss-reactive ketones (excluding diaryl/α,β-unsaturated/α-hetero) is 1. The molecule has 0 spiro atoms. The normalized spacial score (nSPS) is 11.9. The van der Waals surface area contributed by atoms with Crippen molar-refractivity contribution in [1.29, 1.82) is 0 Å². The number of carbonyl (C=O) groups is 1. The summed E-state index contributed by atoms with van der Waals surface area (Å²) in [4.78, 5) is 22.3. The molecule has 6 heteroatoms. The minimum atomic E-state index is -4.92. The van der Waals surface area contributed by atoms with E-state index in [4.69, 9.17) is 0 Å². The summed E-state index contributed by atoms with van der Waals surface area (Å²) in [6.07, 6.45) is -3.96. The van der Waals surface area contributed by atoms with E-state index in [1.165, 1.54) is 0 Å². The lowest BCUT2D eigenvalue weighted by atomic mass is 10.1. The highest BCUT2D eigenvalue weighted by Crippen LogP contribution is 2.20. The van der Waals surface area contributed by atoms with Crippen LogP contribution in [0.1, 0.15) is 24.2 Å². The van der Waals surface area contributed by atoms with Crippen LogP contribution >= 0.6 is 0 Å². The van der Waals surface area contributed by atoms with Crippen molar-refractivity contribution in [1.82, 2.24) is 4.57 Å². The van der Waals surface area contributed by atoms with Gasteiger partial charge in [-0.1, -0.05) is 13.8 Å². The van der Waals surface area contributed by atoms with Crippen LogP contribution in [0.25, 0.3) is 0 Å². The number of nitrogens with zero attached hydrogens (tertiary/aromatic N) is 1. The van der Waals surface area contributed by atoms with Gasteiger partial charge in [-0.05, 0) is 12.0 Å². The van der Waals surface area contributed by atoms with E-state index in [9.17, 15) is 22.8 Å². The first kappa shape index (κ1) is 13.5. The molecule has 0 atom stereocenters. The van der Waals surface area contributed by atoms with Crippen LogP contribution in [-0.2, 0) is 6.54 Å². The van der Waals surface area contributed by atoms with Crippen LogP contribution in [0, 0.1) is 5.92 Å². The van der Waals surface area contributed by atoms with Gasteiger partial charge in [0.05, 0.1) is 0 Å². The number of halogens is 3. The molecule has 1 aromatic rings. The number of pyridine rings is 1. The van der Waals surface area contributed by atoms with E-state index in [-0.39, 0.29) is 12.5 Å². The summed E-state index contributed by atoms with van der Waals surface area (Å²) in [7, 11) is 0. The molecule has 0 aliphatic rings. The Hall–Kier alpha value is -1.59. The van der Waals surface area contributed by atoms with E-state index < -0.39 is 23.1 Å². The molecule has 0 unspecified atom stereocenters. The predicted molar refractivity (Wildman–Crippen MR) is 55.9 cm³/mol. The van der Waals surface area contributed by atoms with Crippen molar-refractivity contribution >= 4 is 5.78 Å². The van der Waals surface area contributed by atoms with Gasteiger partial charge < -0.3 is 4.57 Å². The average molecular weight is 247 g/mol. The zero-order chi connectivity index (χ0) is 13.2. The smallest absolute Gasteiger partial charge is 0.315 e. The van der Waals surface area contributed by atoms with Crippen molar-refractivity contribution in [3.63, 3.8) is 0 Å². The highest BCUT2D eigenvalue weighted by molar-refractivity contribution is 5.99. The fourth-order valence-electron chi connectivity index (χ4n) is 1.37. The molecule has 0 aromatic carbocycles. The molecule has 0 fully saturated rings. The maximum Gasteiger partial charge on any atom is 0.454 e. The Morgan fingerprint density at radius 1 is 1.35 bits per heavy atom. The van der Waals surface area contributed by atoms with E-state index in [0.717, 1.165) is 22.9 Å². The van der Waals surface area contributed by atoms with Crippen LogP contribution in [0.2, 0.25) is 0 Å². The molecule has 0 amide bonds. The molecule has 0 aliphatic heterocycles. The number of alkyl halides is 3. The van der Waals surface area contributed by atoms with Gasteiger partial charge in [0.2, 0.25) is 0 Å². The van der Waals surface area contributed by atoms with Crippen molar-refractivity contribution in [3.05, 3.63) is 34.2 Å². The van der Waals surface area contributed by atoms with Crippen molar-refractivity contribution in [2.24, 2.45) is 5.92 Å². The van der Waals surface area contributed by atoms with Crippen molar-refractivity contribution < 1.29 is 18.0 Å². The molecule has 0 aliphatic carbocycles. The number of aromatic nitrogens is 1. The van der Waals surface area contributed by atoms with Crippen molar-refractivity contribution in [2.45, 2.75) is 26.6 Å². The number of hydrogen-bond donors (Lipinski definition) is 0. The lowest BCUT2D eigenvalue weighted by molar-refractivity contribution is -0.0885. The first-order valence-corrected chi connectivity index (χ1v) is 5.04. The molecule has 0 bridgehead atoms. The molecule has 0 saturated carbocycles. The highest BCUT2D eigenvalue weighted by atomic mass is 19.4. The standard InChI is InChI=1S/C11H12F3NO2/c1-7(2)5-15-6-8(3-4-9(15)16)10(17)11(12,13)14/h3-4,6-7H,5H2,1-2H3. The van der Waals surface area contributed by atoms with Crippen LogP contribution < -0.4 is 5.56 Å². The summed E-state index contributed by atoms with van der Waals surface area (Å²) < 4.78 is 37.7. The third-order valence-corrected chi connectivity index (χ3v) is 2.06. The van der Waals surface area contributed by atoms with E-state index in [1.807, 2.05) is 13.8 Å². The van der Waals surface area contributed by atoms with Crippen LogP contribution in [0.15, 0.2) is 23.1 Å². The summed E-state index contributed by atoms with van der Waals surface area (Å²) in [5.41, 5.74) is -0.935. The molecule has 1 aromatic heterocycles. The Morgan fingerprint density at radius 3 is 2.41 bits per heavy atom. The highest BCUT2D eigenvalue weighted by Gasteiger charge is 2.39. The Balaban J connectivity index is 3.13. The number of hydrogen-bond acceptors (Lipinski definition) is 2. The zero-order valence-corrected chi connectivity index (χ0v) is 9.41. The SMILES string of the molecule is CC(C)Cn1cc(C(=O)C(F)(F)F)ccc1=O. The molecule has 17 heavy (non-hydrogen) atoms. The Bertz CT molecular complexity index is 474. The molecule has 0 N–H and O–H groups in total.